The molecule has 0 bridgehead atoms. The molecule has 0 N–H and O–H groups in total. The number of nitrogens with zero attached hydrogens (tertiary/aromatic N) is 5. The van der Waals surface area contributed by atoms with Gasteiger partial charge in [0, 0.05) is 45.3 Å². The summed E-state index contributed by atoms with van der Waals surface area (Å²) in [6.07, 6.45) is 2.17. The van der Waals surface area contributed by atoms with E-state index in [1.165, 1.54) is 0 Å². The first kappa shape index (κ1) is 17.1. The molecular formula is C18H29N5O. The van der Waals surface area contributed by atoms with Gasteiger partial charge in [-0.2, -0.15) is 0 Å². The molecule has 6 nitrogen and oxygen atoms in total. The van der Waals surface area contributed by atoms with Crippen molar-refractivity contribution in [3.63, 3.8) is 0 Å². The van der Waals surface area contributed by atoms with Crippen LogP contribution in [0.5, 0.6) is 0 Å². The second kappa shape index (κ2) is 7.47. The van der Waals surface area contributed by atoms with Crippen LogP contribution in [0.4, 0.5) is 5.82 Å². The Morgan fingerprint density at radius 1 is 1.12 bits per heavy atom. The molecule has 1 aromatic heterocycles. The van der Waals surface area contributed by atoms with Crippen molar-refractivity contribution in [2.45, 2.75) is 33.6 Å². The summed E-state index contributed by atoms with van der Waals surface area (Å²) < 4.78 is 0. The summed E-state index contributed by atoms with van der Waals surface area (Å²) in [5.74, 6) is 2.35. The molecule has 1 aromatic rings. The molecule has 0 aromatic carbocycles. The van der Waals surface area contributed by atoms with Gasteiger partial charge in [0.25, 0.3) is 5.91 Å². The Morgan fingerprint density at radius 2 is 1.79 bits per heavy atom. The van der Waals surface area contributed by atoms with Crippen LogP contribution < -0.4 is 4.90 Å². The number of hydrogen-bond acceptors (Lipinski definition) is 5. The van der Waals surface area contributed by atoms with E-state index < -0.39 is 0 Å². The number of piperazine rings is 1. The fourth-order valence-electron chi connectivity index (χ4n) is 3.49. The third-order valence-corrected chi connectivity index (χ3v) is 5.26. The van der Waals surface area contributed by atoms with Crippen molar-refractivity contribution in [1.82, 2.24) is 19.8 Å². The topological polar surface area (TPSA) is 52.6 Å². The number of carbonyl (C=O) groups excluding carboxylic acids is 1. The number of carbonyl (C=O) groups is 1. The molecule has 0 radical (unpaired) electrons. The molecule has 3 rings (SSSR count). The SMILES string of the molecule is CCN1CCN(c2cc(C(=O)N3CCC(C)CC3)nc(C)n2)CC1. The molecule has 2 fully saturated rings. The van der Waals surface area contributed by atoms with Gasteiger partial charge in [0.15, 0.2) is 0 Å². The Balaban J connectivity index is 1.73. The third kappa shape index (κ3) is 3.86. The number of amides is 1. The average Bonchev–Trinajstić information content (AvgIpc) is 2.61. The summed E-state index contributed by atoms with van der Waals surface area (Å²) >= 11 is 0. The van der Waals surface area contributed by atoms with Crippen LogP contribution in [0.25, 0.3) is 0 Å². The predicted molar refractivity (Wildman–Crippen MR) is 95.4 cm³/mol. The van der Waals surface area contributed by atoms with E-state index in [1.807, 2.05) is 17.9 Å². The molecule has 6 heteroatoms. The molecule has 0 spiro atoms. The fraction of sp³-hybridized carbons (Fsp3) is 0.722. The third-order valence-electron chi connectivity index (χ3n) is 5.26. The molecule has 132 valence electrons. The standard InChI is InChI=1S/C18H29N5O/c1-4-21-9-11-22(12-10-21)17-13-16(19-15(3)20-17)18(24)23-7-5-14(2)6-8-23/h13-14H,4-12H2,1-3H3. The van der Waals surface area contributed by atoms with Crippen molar-refractivity contribution in [3.05, 3.63) is 17.6 Å². The van der Waals surface area contributed by atoms with Gasteiger partial charge >= 0.3 is 0 Å². The maximum absolute atomic E-state index is 12.8. The van der Waals surface area contributed by atoms with Gasteiger partial charge in [-0.1, -0.05) is 13.8 Å². The number of piperidine rings is 1. The molecule has 2 saturated heterocycles. The predicted octanol–water partition coefficient (Wildman–Crippen LogP) is 1.80. The van der Waals surface area contributed by atoms with E-state index in [9.17, 15) is 4.79 Å². The van der Waals surface area contributed by atoms with Crippen LogP contribution in [-0.2, 0) is 0 Å². The van der Waals surface area contributed by atoms with Crippen LogP contribution in [0.3, 0.4) is 0 Å². The van der Waals surface area contributed by atoms with Crippen LogP contribution in [-0.4, -0.2) is 71.5 Å². The number of rotatable bonds is 3. The van der Waals surface area contributed by atoms with Gasteiger partial charge in [0.1, 0.15) is 17.3 Å². The van der Waals surface area contributed by atoms with Gasteiger partial charge in [-0.25, -0.2) is 9.97 Å². The van der Waals surface area contributed by atoms with Crippen LogP contribution >= 0.6 is 0 Å². The lowest BCUT2D eigenvalue weighted by Gasteiger charge is -2.35. The van der Waals surface area contributed by atoms with Crippen LogP contribution in [0.15, 0.2) is 6.07 Å². The smallest absolute Gasteiger partial charge is 0.272 e. The molecular weight excluding hydrogens is 302 g/mol. The van der Waals surface area contributed by atoms with E-state index in [1.54, 1.807) is 0 Å². The monoisotopic (exact) mass is 331 g/mol. The molecule has 0 saturated carbocycles. The minimum atomic E-state index is 0.0563. The Kier molecular flexibility index (Phi) is 5.33. The molecule has 3 heterocycles. The van der Waals surface area contributed by atoms with E-state index in [0.717, 1.165) is 64.5 Å². The number of likely N-dealkylation sites (N-methyl/N-ethyl adjacent to an activating group) is 1. The Morgan fingerprint density at radius 3 is 2.42 bits per heavy atom. The van der Waals surface area contributed by atoms with Crippen LogP contribution in [0, 0.1) is 12.8 Å². The van der Waals surface area contributed by atoms with Crippen molar-refractivity contribution < 1.29 is 4.79 Å². The summed E-state index contributed by atoms with van der Waals surface area (Å²) in [6, 6.07) is 1.88. The van der Waals surface area contributed by atoms with Crippen molar-refractivity contribution in [2.75, 3.05) is 50.7 Å². The molecule has 2 aliphatic rings. The highest BCUT2D eigenvalue weighted by Crippen LogP contribution is 2.20. The van der Waals surface area contributed by atoms with Gasteiger partial charge in [-0.15, -0.1) is 0 Å². The molecule has 0 atom stereocenters. The lowest BCUT2D eigenvalue weighted by atomic mass is 9.99. The minimum absolute atomic E-state index is 0.0563. The van der Waals surface area contributed by atoms with Crippen LogP contribution in [0.1, 0.15) is 43.0 Å². The van der Waals surface area contributed by atoms with E-state index in [4.69, 9.17) is 0 Å². The summed E-state index contributed by atoms with van der Waals surface area (Å²) in [5.41, 5.74) is 0.546. The number of aryl methyl sites for hydroxylation is 1. The second-order valence-electron chi connectivity index (χ2n) is 7.05. The number of aromatic nitrogens is 2. The first-order valence-electron chi connectivity index (χ1n) is 9.19. The zero-order valence-corrected chi connectivity index (χ0v) is 15.2. The summed E-state index contributed by atoms with van der Waals surface area (Å²) in [5, 5.41) is 0. The zero-order valence-electron chi connectivity index (χ0n) is 15.2. The fourth-order valence-corrected chi connectivity index (χ4v) is 3.49. The first-order chi connectivity index (χ1) is 11.6. The molecule has 2 aliphatic heterocycles. The molecule has 0 unspecified atom stereocenters. The number of hydrogen-bond donors (Lipinski definition) is 0. The van der Waals surface area contributed by atoms with E-state index in [-0.39, 0.29) is 5.91 Å². The maximum Gasteiger partial charge on any atom is 0.272 e. The second-order valence-corrected chi connectivity index (χ2v) is 7.05. The first-order valence-corrected chi connectivity index (χ1v) is 9.19. The lowest BCUT2D eigenvalue weighted by molar-refractivity contribution is 0.0691. The summed E-state index contributed by atoms with van der Waals surface area (Å²) in [6.45, 7) is 13.1. The molecule has 0 aliphatic carbocycles. The van der Waals surface area contributed by atoms with E-state index in [0.29, 0.717) is 17.4 Å². The highest BCUT2D eigenvalue weighted by atomic mass is 16.2. The maximum atomic E-state index is 12.8. The zero-order chi connectivity index (χ0) is 17.1. The molecule has 1 amide bonds. The summed E-state index contributed by atoms with van der Waals surface area (Å²) in [7, 11) is 0. The van der Waals surface area contributed by atoms with Gasteiger partial charge in [-0.05, 0) is 32.2 Å². The van der Waals surface area contributed by atoms with Crippen molar-refractivity contribution >= 4 is 11.7 Å². The molecule has 24 heavy (non-hydrogen) atoms. The normalized spacial score (nSPS) is 20.5. The lowest BCUT2D eigenvalue weighted by Crippen LogP contribution is -2.46. The van der Waals surface area contributed by atoms with E-state index in [2.05, 4.69) is 33.6 Å². The van der Waals surface area contributed by atoms with Crippen molar-refractivity contribution in [1.29, 1.82) is 0 Å². The number of likely N-dealkylation sites (tertiary alicyclic amines) is 1. The Hall–Kier alpha value is -1.69. The Bertz CT molecular complexity index is 575. The van der Waals surface area contributed by atoms with Crippen LogP contribution in [0.2, 0.25) is 0 Å². The largest absolute Gasteiger partial charge is 0.354 e. The summed E-state index contributed by atoms with van der Waals surface area (Å²) in [4.78, 5) is 28.4. The highest BCUT2D eigenvalue weighted by Gasteiger charge is 2.24. The quantitative estimate of drug-likeness (QED) is 0.845. The van der Waals surface area contributed by atoms with Crippen molar-refractivity contribution in [3.8, 4) is 0 Å². The Labute approximate surface area is 144 Å². The van der Waals surface area contributed by atoms with Crippen molar-refractivity contribution in [2.24, 2.45) is 5.92 Å². The van der Waals surface area contributed by atoms with E-state index >= 15 is 0 Å². The van der Waals surface area contributed by atoms with Gasteiger partial charge < -0.3 is 14.7 Å². The van der Waals surface area contributed by atoms with Gasteiger partial charge in [0.2, 0.25) is 0 Å². The van der Waals surface area contributed by atoms with Gasteiger partial charge in [-0.3, -0.25) is 4.79 Å². The minimum Gasteiger partial charge on any atom is -0.354 e. The average molecular weight is 331 g/mol. The number of anilines is 1. The van der Waals surface area contributed by atoms with Gasteiger partial charge in [0.05, 0.1) is 0 Å². The highest BCUT2D eigenvalue weighted by molar-refractivity contribution is 5.93.